The maximum absolute atomic E-state index is 14.9. The molecule has 2 aromatic carbocycles. The zero-order chi connectivity index (χ0) is 27.6. The summed E-state index contributed by atoms with van der Waals surface area (Å²) in [5.74, 6) is -4.56. The van der Waals surface area contributed by atoms with Crippen LogP contribution in [-0.2, 0) is 4.79 Å². The number of ether oxygens (including phenoxy) is 1. The van der Waals surface area contributed by atoms with Gasteiger partial charge in [-0.1, -0.05) is 18.2 Å². The Bertz CT molecular complexity index is 1370. The Balaban J connectivity index is 1.44. The van der Waals surface area contributed by atoms with Crippen LogP contribution in [0, 0.1) is 0 Å². The summed E-state index contributed by atoms with van der Waals surface area (Å²) in [5, 5.41) is 9.38. The number of carbonyl (C=O) groups is 2. The standard InChI is InChI=1S/C27H29F2N7O3/c1-35-21-15-31-26(34-23(21)36(16-27(28,29)25(35)38)19-6-4-3-5-7-19)33-20-9-8-17(14-22(20)39-2)24(37)32-18-10-12-30-13-11-18/h3-9,14-15,18,30H,10-13,16H2,1-2H3,(H,32,37)(H,31,33,34). The predicted octanol–water partition coefficient (Wildman–Crippen LogP) is 3.46. The van der Waals surface area contributed by atoms with Gasteiger partial charge in [0, 0.05) is 24.3 Å². The van der Waals surface area contributed by atoms with Crippen LogP contribution < -0.4 is 30.5 Å². The van der Waals surface area contributed by atoms with Gasteiger partial charge in [-0.3, -0.25) is 9.59 Å². The zero-order valence-corrected chi connectivity index (χ0v) is 21.6. The molecule has 1 fully saturated rings. The second-order valence-corrected chi connectivity index (χ2v) is 9.43. The van der Waals surface area contributed by atoms with Gasteiger partial charge in [-0.25, -0.2) is 4.98 Å². The first-order chi connectivity index (χ1) is 18.8. The summed E-state index contributed by atoms with van der Waals surface area (Å²) < 4.78 is 35.2. The van der Waals surface area contributed by atoms with Crippen molar-refractivity contribution in [1.82, 2.24) is 20.6 Å². The minimum absolute atomic E-state index is 0.103. The van der Waals surface area contributed by atoms with Crippen molar-refractivity contribution in [1.29, 1.82) is 0 Å². The summed E-state index contributed by atoms with van der Waals surface area (Å²) >= 11 is 0. The van der Waals surface area contributed by atoms with Gasteiger partial charge in [0.05, 0.1) is 25.5 Å². The van der Waals surface area contributed by atoms with Crippen molar-refractivity contribution in [3.63, 3.8) is 0 Å². The summed E-state index contributed by atoms with van der Waals surface area (Å²) in [6.45, 7) is 0.843. The molecule has 0 unspecified atom stereocenters. The molecule has 1 aromatic heterocycles. The van der Waals surface area contributed by atoms with Crippen molar-refractivity contribution < 1.29 is 23.1 Å². The SMILES string of the molecule is COc1cc(C(=O)NC2CCNCC2)ccc1Nc1ncc2c(n1)N(c1ccccc1)CC(F)(F)C(=O)N2C. The van der Waals surface area contributed by atoms with Crippen molar-refractivity contribution in [2.75, 3.05) is 48.9 Å². The van der Waals surface area contributed by atoms with Crippen LogP contribution in [0.2, 0.25) is 0 Å². The highest BCUT2D eigenvalue weighted by Crippen LogP contribution is 2.40. The highest BCUT2D eigenvalue weighted by atomic mass is 19.3. The average molecular weight is 538 g/mol. The normalized spacial score (nSPS) is 17.3. The first kappa shape index (κ1) is 26.3. The van der Waals surface area contributed by atoms with Gasteiger partial charge in [-0.2, -0.15) is 13.8 Å². The summed E-state index contributed by atoms with van der Waals surface area (Å²) in [7, 11) is 2.75. The number of piperidine rings is 1. The second-order valence-electron chi connectivity index (χ2n) is 9.43. The van der Waals surface area contributed by atoms with E-state index in [1.54, 1.807) is 48.5 Å². The molecule has 0 saturated carbocycles. The number of nitrogens with one attached hydrogen (secondary N) is 3. The molecule has 0 bridgehead atoms. The smallest absolute Gasteiger partial charge is 0.342 e. The number of benzene rings is 2. The van der Waals surface area contributed by atoms with Crippen LogP contribution in [0.3, 0.4) is 0 Å². The van der Waals surface area contributed by atoms with Crippen LogP contribution >= 0.6 is 0 Å². The van der Waals surface area contributed by atoms with Crippen molar-refractivity contribution >= 4 is 40.6 Å². The van der Waals surface area contributed by atoms with E-state index in [1.807, 2.05) is 0 Å². The van der Waals surface area contributed by atoms with E-state index in [4.69, 9.17) is 4.74 Å². The van der Waals surface area contributed by atoms with Gasteiger partial charge in [-0.15, -0.1) is 0 Å². The van der Waals surface area contributed by atoms with Crippen molar-refractivity contribution in [2.45, 2.75) is 24.8 Å². The number of anilines is 5. The Kier molecular flexibility index (Phi) is 7.29. The molecule has 10 nitrogen and oxygen atoms in total. The van der Waals surface area contributed by atoms with Gasteiger partial charge < -0.3 is 30.5 Å². The lowest BCUT2D eigenvalue weighted by Gasteiger charge is -2.25. The molecule has 2 amide bonds. The molecule has 1 saturated heterocycles. The molecule has 39 heavy (non-hydrogen) atoms. The Morgan fingerprint density at radius 3 is 2.62 bits per heavy atom. The van der Waals surface area contributed by atoms with Gasteiger partial charge in [0.25, 0.3) is 11.8 Å². The molecule has 204 valence electrons. The maximum Gasteiger partial charge on any atom is 0.342 e. The number of alkyl halides is 2. The molecule has 0 aliphatic carbocycles. The lowest BCUT2D eigenvalue weighted by atomic mass is 10.1. The van der Waals surface area contributed by atoms with E-state index in [1.165, 1.54) is 25.3 Å². The fraction of sp³-hybridized carbons (Fsp3) is 0.333. The molecule has 0 atom stereocenters. The van der Waals surface area contributed by atoms with E-state index in [2.05, 4.69) is 25.9 Å². The topological polar surface area (TPSA) is 112 Å². The van der Waals surface area contributed by atoms with E-state index in [-0.39, 0.29) is 29.4 Å². The fourth-order valence-electron chi connectivity index (χ4n) is 4.67. The monoisotopic (exact) mass is 537 g/mol. The lowest BCUT2D eigenvalue weighted by molar-refractivity contribution is -0.140. The Labute approximate surface area is 224 Å². The lowest BCUT2D eigenvalue weighted by Crippen LogP contribution is -2.45. The van der Waals surface area contributed by atoms with Crippen molar-refractivity contribution in [3.05, 3.63) is 60.3 Å². The fourth-order valence-corrected chi connectivity index (χ4v) is 4.67. The molecular weight excluding hydrogens is 508 g/mol. The molecule has 3 aromatic rings. The van der Waals surface area contributed by atoms with Gasteiger partial charge in [0.1, 0.15) is 11.4 Å². The molecule has 12 heteroatoms. The van der Waals surface area contributed by atoms with Gasteiger partial charge in [0.15, 0.2) is 5.82 Å². The van der Waals surface area contributed by atoms with E-state index < -0.39 is 18.4 Å². The molecule has 0 radical (unpaired) electrons. The van der Waals surface area contributed by atoms with Crippen LogP contribution in [0.25, 0.3) is 0 Å². The number of halogens is 2. The zero-order valence-electron chi connectivity index (χ0n) is 21.6. The number of nitrogens with zero attached hydrogens (tertiary/aromatic N) is 4. The van der Waals surface area contributed by atoms with Gasteiger partial charge >= 0.3 is 5.92 Å². The third-order valence-electron chi connectivity index (χ3n) is 6.79. The molecule has 5 rings (SSSR count). The Morgan fingerprint density at radius 1 is 1.15 bits per heavy atom. The Hall–Kier alpha value is -4.32. The first-order valence-corrected chi connectivity index (χ1v) is 12.6. The van der Waals surface area contributed by atoms with Crippen LogP contribution in [0.4, 0.5) is 37.6 Å². The van der Waals surface area contributed by atoms with Crippen LogP contribution in [-0.4, -0.2) is 67.5 Å². The van der Waals surface area contributed by atoms with Crippen molar-refractivity contribution in [3.8, 4) is 5.75 Å². The second kappa shape index (κ2) is 10.8. The molecule has 2 aliphatic rings. The minimum Gasteiger partial charge on any atom is -0.495 e. The van der Waals surface area contributed by atoms with Crippen LogP contribution in [0.5, 0.6) is 5.75 Å². The number of methoxy groups -OCH3 is 1. The maximum atomic E-state index is 14.9. The highest BCUT2D eigenvalue weighted by molar-refractivity contribution is 6.02. The number of rotatable bonds is 6. The van der Waals surface area contributed by atoms with E-state index in [9.17, 15) is 18.4 Å². The van der Waals surface area contributed by atoms with Crippen LogP contribution in [0.15, 0.2) is 54.7 Å². The number of hydrogen-bond acceptors (Lipinski definition) is 8. The first-order valence-electron chi connectivity index (χ1n) is 12.6. The molecule has 3 heterocycles. The largest absolute Gasteiger partial charge is 0.495 e. The third-order valence-corrected chi connectivity index (χ3v) is 6.79. The number of para-hydroxylation sites is 1. The summed E-state index contributed by atoms with van der Waals surface area (Å²) in [5.41, 5.74) is 1.51. The third kappa shape index (κ3) is 5.46. The van der Waals surface area contributed by atoms with E-state index in [0.29, 0.717) is 22.7 Å². The van der Waals surface area contributed by atoms with Gasteiger partial charge in [-0.05, 0) is 56.3 Å². The van der Waals surface area contributed by atoms with E-state index >= 15 is 0 Å². The number of hydrogen-bond donors (Lipinski definition) is 3. The average Bonchev–Trinajstić information content (AvgIpc) is 3.03. The molecule has 2 aliphatic heterocycles. The summed E-state index contributed by atoms with van der Waals surface area (Å²) in [6, 6.07) is 13.6. The number of amides is 2. The number of carbonyl (C=O) groups excluding carboxylic acids is 2. The molecular formula is C27H29F2N7O3. The van der Waals surface area contributed by atoms with Gasteiger partial charge in [0.2, 0.25) is 5.95 Å². The quantitative estimate of drug-likeness (QED) is 0.439. The summed E-state index contributed by atoms with van der Waals surface area (Å²) in [6.07, 6.45) is 3.06. The predicted molar refractivity (Wildman–Crippen MR) is 143 cm³/mol. The number of fused-ring (bicyclic) bond motifs is 1. The van der Waals surface area contributed by atoms with Crippen molar-refractivity contribution in [2.24, 2.45) is 0 Å². The van der Waals surface area contributed by atoms with E-state index in [0.717, 1.165) is 30.8 Å². The molecule has 3 N–H and O–H groups in total. The highest BCUT2D eigenvalue weighted by Gasteiger charge is 2.47. The summed E-state index contributed by atoms with van der Waals surface area (Å²) in [4.78, 5) is 36.3. The number of aromatic nitrogens is 2. The minimum atomic E-state index is -3.65. The molecule has 0 spiro atoms. The Morgan fingerprint density at radius 2 is 1.90 bits per heavy atom. The van der Waals surface area contributed by atoms with Crippen LogP contribution in [0.1, 0.15) is 23.2 Å².